The molecule has 0 aliphatic heterocycles. The number of amides is 2. The lowest BCUT2D eigenvalue weighted by Crippen LogP contribution is -2.34. The van der Waals surface area contributed by atoms with Gasteiger partial charge in [-0.3, -0.25) is 9.59 Å². The van der Waals surface area contributed by atoms with Gasteiger partial charge in [0.25, 0.3) is 11.8 Å². The van der Waals surface area contributed by atoms with Gasteiger partial charge >= 0.3 is 0 Å². The first-order chi connectivity index (χ1) is 14.5. The van der Waals surface area contributed by atoms with Crippen molar-refractivity contribution in [2.45, 2.75) is 0 Å². The minimum Gasteiger partial charge on any atom is -0.507 e. The number of phenols is 1. The van der Waals surface area contributed by atoms with Gasteiger partial charge in [0.2, 0.25) is 0 Å². The monoisotopic (exact) mass is 407 g/mol. The smallest absolute Gasteiger partial charge is 0.259 e. The number of ether oxygens (including phenoxy) is 2. The van der Waals surface area contributed by atoms with Gasteiger partial charge in [-0.05, 0) is 35.0 Å². The molecule has 0 saturated carbocycles. The van der Waals surface area contributed by atoms with Crippen molar-refractivity contribution in [1.29, 1.82) is 0 Å². The highest BCUT2D eigenvalue weighted by molar-refractivity contribution is 6.02. The Morgan fingerprint density at radius 1 is 1.03 bits per heavy atom. The molecule has 0 saturated heterocycles. The number of hydrogen-bond donors (Lipinski definition) is 3. The quantitative estimate of drug-likeness (QED) is 0.412. The van der Waals surface area contributed by atoms with Crippen molar-refractivity contribution in [3.05, 3.63) is 65.7 Å². The van der Waals surface area contributed by atoms with E-state index in [-0.39, 0.29) is 12.3 Å². The van der Waals surface area contributed by atoms with Crippen molar-refractivity contribution in [3.8, 4) is 17.2 Å². The second-order valence-corrected chi connectivity index (χ2v) is 6.27. The molecule has 3 N–H and O–H groups in total. The molecular weight excluding hydrogens is 386 g/mol. The fourth-order valence-electron chi connectivity index (χ4n) is 2.87. The van der Waals surface area contributed by atoms with E-state index in [4.69, 9.17) is 9.47 Å². The van der Waals surface area contributed by atoms with Crippen LogP contribution in [0, 0.1) is 0 Å². The zero-order valence-electron chi connectivity index (χ0n) is 16.5. The van der Waals surface area contributed by atoms with Crippen molar-refractivity contribution < 1.29 is 24.2 Å². The predicted octanol–water partition coefficient (Wildman–Crippen LogP) is 2.44. The normalized spacial score (nSPS) is 10.7. The maximum Gasteiger partial charge on any atom is 0.259 e. The van der Waals surface area contributed by atoms with Crippen LogP contribution in [-0.2, 0) is 4.79 Å². The topological polar surface area (TPSA) is 109 Å². The lowest BCUT2D eigenvalue weighted by molar-refractivity contribution is -0.120. The Bertz CT molecular complexity index is 1110. The number of carbonyl (C=O) groups excluding carboxylic acids is 2. The van der Waals surface area contributed by atoms with Gasteiger partial charge in [0, 0.05) is 11.1 Å². The maximum absolute atomic E-state index is 12.2. The maximum atomic E-state index is 12.2. The average Bonchev–Trinajstić information content (AvgIpc) is 2.78. The Kier molecular flexibility index (Phi) is 6.49. The molecule has 3 rings (SSSR count). The van der Waals surface area contributed by atoms with E-state index in [0.29, 0.717) is 22.6 Å². The summed E-state index contributed by atoms with van der Waals surface area (Å²) >= 11 is 0. The first-order valence-electron chi connectivity index (χ1n) is 9.06. The molecule has 0 unspecified atom stereocenters. The van der Waals surface area contributed by atoms with Crippen LogP contribution in [-0.4, -0.2) is 43.9 Å². The first-order valence-corrected chi connectivity index (χ1v) is 9.06. The lowest BCUT2D eigenvalue weighted by Gasteiger charge is -2.09. The molecule has 154 valence electrons. The van der Waals surface area contributed by atoms with Gasteiger partial charge in [0.1, 0.15) is 5.75 Å². The summed E-state index contributed by atoms with van der Waals surface area (Å²) < 4.78 is 10.3. The van der Waals surface area contributed by atoms with Crippen molar-refractivity contribution in [3.63, 3.8) is 0 Å². The molecule has 2 amide bonds. The number of hydrogen-bond acceptors (Lipinski definition) is 6. The van der Waals surface area contributed by atoms with Crippen LogP contribution in [0.15, 0.2) is 59.7 Å². The molecule has 0 aliphatic rings. The summed E-state index contributed by atoms with van der Waals surface area (Å²) in [5, 5.41) is 18.2. The number of rotatable bonds is 7. The van der Waals surface area contributed by atoms with Crippen molar-refractivity contribution >= 4 is 28.8 Å². The third-order valence-corrected chi connectivity index (χ3v) is 4.39. The van der Waals surface area contributed by atoms with Crippen LogP contribution in [0.4, 0.5) is 0 Å². The molecule has 3 aromatic carbocycles. The Balaban J connectivity index is 1.59. The number of fused-ring (bicyclic) bond motifs is 1. The van der Waals surface area contributed by atoms with Gasteiger partial charge in [-0.25, -0.2) is 5.43 Å². The lowest BCUT2D eigenvalue weighted by atomic mass is 10.0. The Morgan fingerprint density at radius 3 is 2.57 bits per heavy atom. The summed E-state index contributed by atoms with van der Waals surface area (Å²) in [7, 11) is 2.97. The Hall–Kier alpha value is -4.07. The van der Waals surface area contributed by atoms with Gasteiger partial charge in [-0.15, -0.1) is 0 Å². The number of benzene rings is 3. The summed E-state index contributed by atoms with van der Waals surface area (Å²) in [4.78, 5) is 24.2. The number of methoxy groups -OCH3 is 2. The van der Waals surface area contributed by atoms with Crippen LogP contribution in [0.2, 0.25) is 0 Å². The molecule has 0 atom stereocenters. The molecule has 0 bridgehead atoms. The van der Waals surface area contributed by atoms with Gasteiger partial charge in [0.05, 0.1) is 27.0 Å². The zero-order chi connectivity index (χ0) is 21.5. The van der Waals surface area contributed by atoms with Gasteiger partial charge < -0.3 is 19.9 Å². The molecule has 0 aromatic heterocycles. The number of hydrazone groups is 1. The second kappa shape index (κ2) is 9.42. The van der Waals surface area contributed by atoms with E-state index >= 15 is 0 Å². The fraction of sp³-hybridized carbons (Fsp3) is 0.136. The standard InChI is InChI=1S/C22H21N3O5/c1-29-19-10-8-15(11-20(19)30-2)22(28)23-13-21(27)25-24-12-17-16-6-4-3-5-14(16)7-9-18(17)26/h3-12,26H,13H2,1-2H3,(H,23,28)(H,25,27). The highest BCUT2D eigenvalue weighted by Crippen LogP contribution is 2.27. The van der Waals surface area contributed by atoms with E-state index < -0.39 is 11.8 Å². The number of carbonyl (C=O) groups is 2. The largest absolute Gasteiger partial charge is 0.507 e. The molecule has 0 aliphatic carbocycles. The average molecular weight is 407 g/mol. The van der Waals surface area contributed by atoms with Gasteiger partial charge in [-0.2, -0.15) is 5.10 Å². The summed E-state index contributed by atoms with van der Waals surface area (Å²) in [6.07, 6.45) is 1.37. The third kappa shape index (κ3) is 4.67. The van der Waals surface area contributed by atoms with E-state index in [1.165, 1.54) is 26.5 Å². The van der Waals surface area contributed by atoms with Crippen molar-refractivity contribution in [1.82, 2.24) is 10.7 Å². The molecule has 0 fully saturated rings. The Labute approximate surface area is 173 Å². The summed E-state index contributed by atoms with van der Waals surface area (Å²) in [6.45, 7) is -0.272. The predicted molar refractivity (Wildman–Crippen MR) is 113 cm³/mol. The number of nitrogens with one attached hydrogen (secondary N) is 2. The molecule has 8 nitrogen and oxygen atoms in total. The highest BCUT2D eigenvalue weighted by Gasteiger charge is 2.12. The van der Waals surface area contributed by atoms with Gasteiger partial charge in [-0.1, -0.05) is 30.3 Å². The zero-order valence-corrected chi connectivity index (χ0v) is 16.5. The van der Waals surface area contributed by atoms with Crippen LogP contribution in [0.1, 0.15) is 15.9 Å². The van der Waals surface area contributed by atoms with Crippen molar-refractivity contribution in [2.24, 2.45) is 5.10 Å². The van der Waals surface area contributed by atoms with E-state index in [9.17, 15) is 14.7 Å². The van der Waals surface area contributed by atoms with Gasteiger partial charge in [0.15, 0.2) is 11.5 Å². The molecule has 30 heavy (non-hydrogen) atoms. The molecule has 8 heteroatoms. The summed E-state index contributed by atoms with van der Waals surface area (Å²) in [5.41, 5.74) is 3.14. The number of phenolic OH excluding ortho intramolecular Hbond substituents is 1. The van der Waals surface area contributed by atoms with E-state index in [2.05, 4.69) is 15.8 Å². The summed E-state index contributed by atoms with van der Waals surface area (Å²) in [5.74, 6) is 0.00181. The molecule has 0 spiro atoms. The highest BCUT2D eigenvalue weighted by atomic mass is 16.5. The van der Waals surface area contributed by atoms with Crippen LogP contribution in [0.5, 0.6) is 17.2 Å². The van der Waals surface area contributed by atoms with Crippen LogP contribution < -0.4 is 20.2 Å². The molecular formula is C22H21N3O5. The Morgan fingerprint density at radius 2 is 1.80 bits per heavy atom. The van der Waals surface area contributed by atoms with Crippen LogP contribution >= 0.6 is 0 Å². The van der Waals surface area contributed by atoms with E-state index in [1.807, 2.05) is 24.3 Å². The molecule has 0 radical (unpaired) electrons. The van der Waals surface area contributed by atoms with E-state index in [0.717, 1.165) is 10.8 Å². The SMILES string of the molecule is COc1ccc(C(=O)NCC(=O)NN=Cc2c(O)ccc3ccccc23)cc1OC. The third-order valence-electron chi connectivity index (χ3n) is 4.39. The molecule has 0 heterocycles. The van der Waals surface area contributed by atoms with E-state index in [1.54, 1.807) is 24.3 Å². The van der Waals surface area contributed by atoms with Crippen LogP contribution in [0.25, 0.3) is 10.8 Å². The fourth-order valence-corrected chi connectivity index (χ4v) is 2.87. The molecule has 3 aromatic rings. The summed E-state index contributed by atoms with van der Waals surface area (Å²) in [6, 6.07) is 15.6. The van der Waals surface area contributed by atoms with Crippen molar-refractivity contribution in [2.75, 3.05) is 20.8 Å². The first kappa shape index (κ1) is 20.7. The second-order valence-electron chi connectivity index (χ2n) is 6.27. The number of aromatic hydroxyl groups is 1. The minimum absolute atomic E-state index is 0.0495. The number of nitrogens with zero attached hydrogens (tertiary/aromatic N) is 1. The van der Waals surface area contributed by atoms with Crippen LogP contribution in [0.3, 0.4) is 0 Å². The minimum atomic E-state index is -0.514.